The zero-order valence-electron chi connectivity index (χ0n) is 9.48. The van der Waals surface area contributed by atoms with Crippen molar-refractivity contribution in [2.75, 3.05) is 0 Å². The Morgan fingerprint density at radius 3 is 2.81 bits per heavy atom. The number of thiazole rings is 1. The van der Waals surface area contributed by atoms with Crippen molar-refractivity contribution in [3.63, 3.8) is 0 Å². The lowest BCUT2D eigenvalue weighted by atomic mass is 10.0. The Morgan fingerprint density at radius 2 is 2.00 bits per heavy atom. The predicted octanol–water partition coefficient (Wildman–Crippen LogP) is 4.42. The van der Waals surface area contributed by atoms with Gasteiger partial charge < -0.3 is 0 Å². The Balaban J connectivity index is 1.69. The van der Waals surface area contributed by atoms with Gasteiger partial charge in [-0.1, -0.05) is 37.8 Å². The molecule has 1 saturated carbocycles. The molecule has 0 radical (unpaired) electrons. The molecule has 1 heterocycles. The van der Waals surface area contributed by atoms with E-state index in [9.17, 15) is 0 Å². The fourth-order valence-electron chi connectivity index (χ4n) is 2.65. The number of rotatable bonds is 3. The van der Waals surface area contributed by atoms with Crippen molar-refractivity contribution in [3.8, 4) is 0 Å². The fourth-order valence-corrected chi connectivity index (χ4v) is 3.64. The second-order valence-corrected chi connectivity index (χ2v) is 5.88. The van der Waals surface area contributed by atoms with E-state index in [1.807, 2.05) is 11.3 Å². The number of fused-ring (bicyclic) bond motifs is 1. The summed E-state index contributed by atoms with van der Waals surface area (Å²) in [6.07, 6.45) is 8.33. The minimum Gasteiger partial charge on any atom is -0.241 e. The van der Waals surface area contributed by atoms with Gasteiger partial charge in [-0.25, -0.2) is 4.98 Å². The van der Waals surface area contributed by atoms with Crippen molar-refractivity contribution in [3.05, 3.63) is 29.3 Å². The molecule has 2 heteroatoms. The molecule has 2 aromatic rings. The summed E-state index contributed by atoms with van der Waals surface area (Å²) in [5.41, 5.74) is 1.17. The third-order valence-corrected chi connectivity index (χ3v) is 4.68. The number of para-hydroxylation sites is 1. The summed E-state index contributed by atoms with van der Waals surface area (Å²) in [4.78, 5) is 4.69. The molecule has 1 aromatic carbocycles. The minimum absolute atomic E-state index is 0.979. The van der Waals surface area contributed by atoms with Crippen molar-refractivity contribution in [1.29, 1.82) is 0 Å². The second kappa shape index (κ2) is 4.54. The SMILES string of the molecule is c1ccc2sc(CCC3CCCC3)nc2c1. The second-order valence-electron chi connectivity index (χ2n) is 4.76. The van der Waals surface area contributed by atoms with Crippen LogP contribution in [0.25, 0.3) is 10.2 Å². The molecule has 0 N–H and O–H groups in total. The van der Waals surface area contributed by atoms with E-state index >= 15 is 0 Å². The monoisotopic (exact) mass is 231 g/mol. The van der Waals surface area contributed by atoms with Crippen molar-refractivity contribution < 1.29 is 0 Å². The molecule has 0 saturated heterocycles. The smallest absolute Gasteiger partial charge is 0.0938 e. The molecule has 0 spiro atoms. The third-order valence-electron chi connectivity index (χ3n) is 3.58. The Kier molecular flexibility index (Phi) is 2.92. The largest absolute Gasteiger partial charge is 0.241 e. The van der Waals surface area contributed by atoms with Crippen LogP contribution in [0.1, 0.15) is 37.1 Å². The van der Waals surface area contributed by atoms with Gasteiger partial charge in [0.1, 0.15) is 0 Å². The molecule has 1 nitrogen and oxygen atoms in total. The molecule has 0 bridgehead atoms. The van der Waals surface area contributed by atoms with E-state index < -0.39 is 0 Å². The van der Waals surface area contributed by atoms with E-state index in [1.165, 1.54) is 53.7 Å². The van der Waals surface area contributed by atoms with E-state index in [4.69, 9.17) is 4.98 Å². The molecule has 1 fully saturated rings. The van der Waals surface area contributed by atoms with E-state index in [0.29, 0.717) is 0 Å². The van der Waals surface area contributed by atoms with E-state index in [-0.39, 0.29) is 0 Å². The van der Waals surface area contributed by atoms with Crippen LogP contribution in [0.3, 0.4) is 0 Å². The van der Waals surface area contributed by atoms with E-state index in [0.717, 1.165) is 5.92 Å². The zero-order chi connectivity index (χ0) is 10.8. The number of benzene rings is 1. The van der Waals surface area contributed by atoms with Gasteiger partial charge in [-0.15, -0.1) is 11.3 Å². The van der Waals surface area contributed by atoms with Crippen LogP contribution in [0.2, 0.25) is 0 Å². The summed E-state index contributed by atoms with van der Waals surface area (Å²) in [6, 6.07) is 8.46. The van der Waals surface area contributed by atoms with Crippen LogP contribution in [0.15, 0.2) is 24.3 Å². The van der Waals surface area contributed by atoms with Crippen LogP contribution in [-0.2, 0) is 6.42 Å². The average Bonchev–Trinajstić information content (AvgIpc) is 2.95. The Bertz CT molecular complexity index is 435. The van der Waals surface area contributed by atoms with Crippen molar-refractivity contribution in [1.82, 2.24) is 4.98 Å². The third kappa shape index (κ3) is 2.12. The predicted molar refractivity (Wildman–Crippen MR) is 69.9 cm³/mol. The Labute approximate surface area is 101 Å². The molecule has 1 aliphatic rings. The Morgan fingerprint density at radius 1 is 1.19 bits per heavy atom. The highest BCUT2D eigenvalue weighted by molar-refractivity contribution is 7.18. The topological polar surface area (TPSA) is 12.9 Å². The van der Waals surface area contributed by atoms with Gasteiger partial charge in [-0.2, -0.15) is 0 Å². The molecular weight excluding hydrogens is 214 g/mol. The number of aryl methyl sites for hydroxylation is 1. The lowest BCUT2D eigenvalue weighted by molar-refractivity contribution is 0.503. The number of hydrogen-bond donors (Lipinski definition) is 0. The molecule has 3 rings (SSSR count). The van der Waals surface area contributed by atoms with Crippen molar-refractivity contribution in [2.24, 2.45) is 5.92 Å². The molecule has 0 aliphatic heterocycles. The van der Waals surface area contributed by atoms with Gasteiger partial charge in [0.25, 0.3) is 0 Å². The number of aromatic nitrogens is 1. The molecule has 84 valence electrons. The highest BCUT2D eigenvalue weighted by Gasteiger charge is 2.15. The van der Waals surface area contributed by atoms with Gasteiger partial charge in [0.05, 0.1) is 15.2 Å². The van der Waals surface area contributed by atoms with E-state index in [2.05, 4.69) is 24.3 Å². The van der Waals surface area contributed by atoms with Crippen molar-refractivity contribution >= 4 is 21.6 Å². The quantitative estimate of drug-likeness (QED) is 0.762. The minimum atomic E-state index is 0.979. The lowest BCUT2D eigenvalue weighted by Crippen LogP contribution is -1.95. The maximum atomic E-state index is 4.69. The van der Waals surface area contributed by atoms with E-state index in [1.54, 1.807) is 0 Å². The summed E-state index contributed by atoms with van der Waals surface area (Å²) in [5.74, 6) is 0.979. The van der Waals surface area contributed by atoms with Crippen molar-refractivity contribution in [2.45, 2.75) is 38.5 Å². The zero-order valence-corrected chi connectivity index (χ0v) is 10.3. The molecule has 0 unspecified atom stereocenters. The molecule has 0 amide bonds. The summed E-state index contributed by atoms with van der Waals surface area (Å²) < 4.78 is 1.34. The molecule has 0 atom stereocenters. The summed E-state index contributed by atoms with van der Waals surface area (Å²) in [6.45, 7) is 0. The molecule has 16 heavy (non-hydrogen) atoms. The van der Waals surface area contributed by atoms with Gasteiger partial charge in [0.15, 0.2) is 0 Å². The van der Waals surface area contributed by atoms with Crippen LogP contribution in [0, 0.1) is 5.92 Å². The van der Waals surface area contributed by atoms with Gasteiger partial charge in [0, 0.05) is 0 Å². The average molecular weight is 231 g/mol. The Hall–Kier alpha value is -0.890. The number of nitrogens with zero attached hydrogens (tertiary/aromatic N) is 1. The first-order chi connectivity index (χ1) is 7.92. The molecule has 1 aliphatic carbocycles. The highest BCUT2D eigenvalue weighted by atomic mass is 32.1. The first kappa shape index (κ1) is 10.3. The maximum absolute atomic E-state index is 4.69. The van der Waals surface area contributed by atoms with Crippen LogP contribution in [-0.4, -0.2) is 4.98 Å². The first-order valence-corrected chi connectivity index (χ1v) is 7.08. The molecule has 1 aromatic heterocycles. The summed E-state index contributed by atoms with van der Waals surface area (Å²) in [7, 11) is 0. The van der Waals surface area contributed by atoms with Crippen LogP contribution < -0.4 is 0 Å². The fraction of sp³-hybridized carbons (Fsp3) is 0.500. The standard InChI is InChI=1S/C14H17NS/c1-2-6-11(5-1)9-10-14-15-12-7-3-4-8-13(12)16-14/h3-4,7-8,11H,1-2,5-6,9-10H2. The van der Waals surface area contributed by atoms with Crippen LogP contribution >= 0.6 is 11.3 Å². The van der Waals surface area contributed by atoms with Crippen LogP contribution in [0.4, 0.5) is 0 Å². The maximum Gasteiger partial charge on any atom is 0.0938 e. The molecular formula is C14H17NS. The van der Waals surface area contributed by atoms with Crippen LogP contribution in [0.5, 0.6) is 0 Å². The highest BCUT2D eigenvalue weighted by Crippen LogP contribution is 2.30. The normalized spacial score (nSPS) is 17.2. The summed E-state index contributed by atoms with van der Waals surface area (Å²) >= 11 is 1.87. The lowest BCUT2D eigenvalue weighted by Gasteiger charge is -2.05. The number of hydrogen-bond acceptors (Lipinski definition) is 2. The van der Waals surface area contributed by atoms with Gasteiger partial charge in [0.2, 0.25) is 0 Å². The van der Waals surface area contributed by atoms with Gasteiger partial charge in [-0.05, 0) is 30.9 Å². The summed E-state index contributed by atoms with van der Waals surface area (Å²) in [5, 5.41) is 1.33. The first-order valence-electron chi connectivity index (χ1n) is 6.26. The van der Waals surface area contributed by atoms with Gasteiger partial charge in [-0.3, -0.25) is 0 Å². The van der Waals surface area contributed by atoms with Gasteiger partial charge >= 0.3 is 0 Å².